The third kappa shape index (κ3) is 3.97. The Morgan fingerprint density at radius 1 is 0.889 bits per heavy atom. The number of rotatable bonds is 4. The van der Waals surface area contributed by atoms with Crippen LogP contribution >= 0.6 is 0 Å². The molecule has 0 saturated carbocycles. The average molecular weight is 473 g/mol. The number of nitro groups is 1. The van der Waals surface area contributed by atoms with Crippen LogP contribution in [0.3, 0.4) is 0 Å². The van der Waals surface area contributed by atoms with Gasteiger partial charge in [-0.25, -0.2) is 0 Å². The summed E-state index contributed by atoms with van der Waals surface area (Å²) in [7, 11) is 0. The second-order valence-electron chi connectivity index (χ2n) is 5.75. The van der Waals surface area contributed by atoms with Gasteiger partial charge in [0.25, 0.3) is 11.5 Å². The van der Waals surface area contributed by atoms with Crippen LogP contribution in [0.2, 0.25) is 0 Å². The highest BCUT2D eigenvalue weighted by Crippen LogP contribution is 2.19. The van der Waals surface area contributed by atoms with E-state index in [1.54, 1.807) is 17.3 Å². The largest absolute Gasteiger partial charge is 1.00 e. The first kappa shape index (κ1) is 19.0. The third-order valence-electron chi connectivity index (χ3n) is 4.07. The first-order chi connectivity index (χ1) is 12.7. The Hall–Kier alpha value is -2.82. The lowest BCUT2D eigenvalue weighted by atomic mass is 10.2. The van der Waals surface area contributed by atoms with Crippen LogP contribution in [0.5, 0.6) is 0 Å². The Morgan fingerprint density at radius 2 is 1.48 bits per heavy atom. The minimum absolute atomic E-state index is 0. The maximum Gasteiger partial charge on any atom is 0.278 e. The van der Waals surface area contributed by atoms with E-state index in [0.717, 1.165) is 27.8 Å². The number of non-ortho nitro benzene ring substituents is 1. The molecule has 0 radical (unpaired) electrons. The van der Waals surface area contributed by atoms with Gasteiger partial charge in [-0.3, -0.25) is 10.1 Å². The molecule has 0 bridgehead atoms. The van der Waals surface area contributed by atoms with Crippen molar-refractivity contribution in [2.24, 2.45) is 5.10 Å². The number of nitro benzene ring substituents is 1. The molecule has 0 saturated heterocycles. The van der Waals surface area contributed by atoms with E-state index >= 15 is 0 Å². The molecule has 27 heavy (non-hydrogen) atoms. The second-order valence-corrected chi connectivity index (χ2v) is 5.75. The fourth-order valence-electron chi connectivity index (χ4n) is 2.78. The highest BCUT2D eigenvalue weighted by atomic mass is 127. The number of halogens is 1. The van der Waals surface area contributed by atoms with Gasteiger partial charge in [-0.05, 0) is 29.8 Å². The second kappa shape index (κ2) is 8.25. The van der Waals surface area contributed by atoms with Crippen molar-refractivity contribution in [3.05, 3.63) is 101 Å². The molecular weight excluding hydrogens is 457 g/mol. The molecule has 136 valence electrons. The van der Waals surface area contributed by atoms with Gasteiger partial charge in [0.15, 0.2) is 5.69 Å². The van der Waals surface area contributed by atoms with Crippen LogP contribution in [0.25, 0.3) is 0 Å². The molecule has 3 aromatic rings. The van der Waals surface area contributed by atoms with E-state index in [2.05, 4.69) is 5.53 Å². The van der Waals surface area contributed by atoms with E-state index in [0.29, 0.717) is 0 Å². The highest BCUT2D eigenvalue weighted by Gasteiger charge is 2.32. The van der Waals surface area contributed by atoms with Gasteiger partial charge in [0.1, 0.15) is 0 Å². The molecule has 1 aliphatic rings. The molecule has 1 heterocycles. The van der Waals surface area contributed by atoms with Gasteiger partial charge in [0.2, 0.25) is 0 Å². The monoisotopic (exact) mass is 473 g/mol. The number of hydrogen-bond acceptors (Lipinski definition) is 5. The van der Waals surface area contributed by atoms with Crippen molar-refractivity contribution < 1.29 is 33.9 Å². The molecule has 0 spiro atoms. The van der Waals surface area contributed by atoms with Gasteiger partial charge in [-0.2, -0.15) is 5.01 Å². The number of nitrogens with zero attached hydrogens (tertiary/aromatic N) is 3. The van der Waals surface area contributed by atoms with Crippen LogP contribution in [0.15, 0.2) is 90.0 Å². The summed E-state index contributed by atoms with van der Waals surface area (Å²) in [5.41, 5.74) is 6.07. The normalized spacial score (nSPS) is 15.8. The van der Waals surface area contributed by atoms with E-state index < -0.39 is 4.92 Å². The average Bonchev–Trinajstić information content (AvgIpc) is 3.15. The van der Waals surface area contributed by atoms with Crippen molar-refractivity contribution >= 4 is 22.9 Å². The topological polar surface area (TPSA) is 75.2 Å². The summed E-state index contributed by atoms with van der Waals surface area (Å²) in [6.45, 7) is 0. The molecule has 2 N–H and O–H groups in total. The van der Waals surface area contributed by atoms with Crippen molar-refractivity contribution in [3.63, 3.8) is 0 Å². The number of quaternary nitrogens is 1. The van der Waals surface area contributed by atoms with Crippen LogP contribution in [0.4, 0.5) is 17.1 Å². The quantitative estimate of drug-likeness (QED) is 0.302. The van der Waals surface area contributed by atoms with Crippen LogP contribution in [-0.2, 0) is 0 Å². The first-order valence-electron chi connectivity index (χ1n) is 8.10. The van der Waals surface area contributed by atoms with Gasteiger partial charge in [0, 0.05) is 24.3 Å². The predicted octanol–water partition coefficient (Wildman–Crippen LogP) is -0.583. The van der Waals surface area contributed by atoms with E-state index in [4.69, 9.17) is 5.10 Å². The van der Waals surface area contributed by atoms with Gasteiger partial charge in [-0.15, -0.1) is 5.12 Å². The van der Waals surface area contributed by atoms with Gasteiger partial charge < -0.3 is 24.0 Å². The SMILES string of the molecule is O=[N+]([O-])c1ccc(N2N=C(c3ccccc3)[NH+](c3ccccc3)N2)cc1.[I-]. The smallest absolute Gasteiger partial charge is 0.278 e. The summed E-state index contributed by atoms with van der Waals surface area (Å²) in [4.78, 5) is 10.4. The summed E-state index contributed by atoms with van der Waals surface area (Å²) in [5, 5.41) is 18.1. The summed E-state index contributed by atoms with van der Waals surface area (Å²) < 4.78 is 0. The Labute approximate surface area is 173 Å². The van der Waals surface area contributed by atoms with E-state index in [1.807, 2.05) is 60.7 Å². The molecule has 0 fully saturated rings. The molecule has 4 rings (SSSR count). The lowest BCUT2D eigenvalue weighted by molar-refractivity contribution is -0.779. The fraction of sp³-hybridized carbons (Fsp3) is 0. The number of benzene rings is 3. The minimum Gasteiger partial charge on any atom is -1.00 e. The summed E-state index contributed by atoms with van der Waals surface area (Å²) in [5.74, 6) is 0.815. The summed E-state index contributed by atoms with van der Waals surface area (Å²) in [6.07, 6.45) is 0. The van der Waals surface area contributed by atoms with Crippen molar-refractivity contribution in [3.8, 4) is 0 Å². The van der Waals surface area contributed by atoms with Crippen LogP contribution in [0, 0.1) is 10.1 Å². The Kier molecular flexibility index (Phi) is 5.79. The van der Waals surface area contributed by atoms with Gasteiger partial charge in [-0.1, -0.05) is 41.5 Å². The molecule has 1 aliphatic heterocycles. The van der Waals surface area contributed by atoms with Crippen LogP contribution < -0.4 is 39.6 Å². The van der Waals surface area contributed by atoms with Crippen LogP contribution in [-0.4, -0.2) is 10.8 Å². The van der Waals surface area contributed by atoms with Crippen molar-refractivity contribution in [2.45, 2.75) is 0 Å². The molecule has 3 aromatic carbocycles. The Balaban J connectivity index is 0.00000210. The van der Waals surface area contributed by atoms with Crippen molar-refractivity contribution in [1.82, 2.24) is 5.53 Å². The number of hydrazone groups is 1. The third-order valence-corrected chi connectivity index (χ3v) is 4.07. The standard InChI is InChI=1S/C19H15N5O2.HI/c25-24(26)18-13-11-17(12-14-18)23-20-19(15-7-3-1-4-8-15)22(21-23)16-9-5-2-6-10-16;/h1-14,21H;1H. The summed E-state index contributed by atoms with van der Waals surface area (Å²) >= 11 is 0. The molecule has 1 unspecified atom stereocenters. The Morgan fingerprint density at radius 3 is 2.07 bits per heavy atom. The Bertz CT molecular complexity index is 949. The van der Waals surface area contributed by atoms with Gasteiger partial charge >= 0.3 is 0 Å². The first-order valence-corrected chi connectivity index (χ1v) is 8.10. The number of anilines is 1. The maximum absolute atomic E-state index is 10.9. The number of nitrogens with one attached hydrogen (secondary N) is 2. The molecule has 0 aliphatic carbocycles. The summed E-state index contributed by atoms with van der Waals surface area (Å²) in [6, 6.07) is 26.1. The molecule has 0 aromatic heterocycles. The zero-order valence-corrected chi connectivity index (χ0v) is 16.3. The molecule has 7 nitrogen and oxygen atoms in total. The fourth-order valence-corrected chi connectivity index (χ4v) is 2.78. The lowest BCUT2D eigenvalue weighted by Gasteiger charge is -2.16. The van der Waals surface area contributed by atoms with E-state index in [-0.39, 0.29) is 29.7 Å². The lowest BCUT2D eigenvalue weighted by Crippen LogP contribution is -3.15. The predicted molar refractivity (Wildman–Crippen MR) is 98.8 cm³/mol. The van der Waals surface area contributed by atoms with Crippen LogP contribution in [0.1, 0.15) is 5.56 Å². The molecule has 0 amide bonds. The number of hydrogen-bond donors (Lipinski definition) is 2. The van der Waals surface area contributed by atoms with E-state index in [9.17, 15) is 10.1 Å². The highest BCUT2D eigenvalue weighted by molar-refractivity contribution is 5.94. The van der Waals surface area contributed by atoms with Crippen molar-refractivity contribution in [2.75, 3.05) is 5.12 Å². The zero-order chi connectivity index (χ0) is 17.9. The zero-order valence-electron chi connectivity index (χ0n) is 14.1. The van der Waals surface area contributed by atoms with E-state index in [1.165, 1.54) is 12.1 Å². The molecule has 8 heteroatoms. The van der Waals surface area contributed by atoms with Gasteiger partial charge in [0.05, 0.1) is 16.2 Å². The van der Waals surface area contributed by atoms with Crippen molar-refractivity contribution in [1.29, 1.82) is 0 Å². The molecule has 1 atom stereocenters. The minimum atomic E-state index is -0.415. The molecular formula is C19H16IN5O2. The number of amidine groups is 1. The maximum atomic E-state index is 10.9. The number of hydrazine groups is 1. The number of para-hydroxylation sites is 1.